The van der Waals surface area contributed by atoms with E-state index < -0.39 is 6.10 Å². The highest BCUT2D eigenvalue weighted by atomic mass is 35.5. The minimum absolute atomic E-state index is 0.119. The minimum Gasteiger partial charge on any atom is -0.489 e. The van der Waals surface area contributed by atoms with E-state index in [1.807, 2.05) is 0 Å². The zero-order chi connectivity index (χ0) is 15.0. The Morgan fingerprint density at radius 3 is 2.90 bits per heavy atom. The van der Waals surface area contributed by atoms with Crippen LogP contribution in [0, 0.1) is 5.92 Å². The van der Waals surface area contributed by atoms with Crippen LogP contribution in [0.1, 0.15) is 5.82 Å². The predicted molar refractivity (Wildman–Crippen MR) is 77.8 cm³/mol. The molecule has 3 rings (SSSR count). The largest absolute Gasteiger partial charge is 0.489 e. The molecule has 1 saturated heterocycles. The van der Waals surface area contributed by atoms with E-state index in [0.29, 0.717) is 40.8 Å². The molecule has 2 aromatic rings. The number of hydrogen-bond acceptors (Lipinski definition) is 5. The highest BCUT2D eigenvalue weighted by molar-refractivity contribution is 6.44. The van der Waals surface area contributed by atoms with Crippen molar-refractivity contribution in [2.75, 3.05) is 19.8 Å². The molecular weight excluding hydrogens is 319 g/mol. The second kappa shape index (κ2) is 5.98. The molecule has 2 unspecified atom stereocenters. The lowest BCUT2D eigenvalue weighted by atomic mass is 10.1. The second-order valence-electron chi connectivity index (χ2n) is 4.92. The van der Waals surface area contributed by atoms with Crippen LogP contribution in [0.3, 0.4) is 0 Å². The van der Waals surface area contributed by atoms with Crippen molar-refractivity contribution in [1.82, 2.24) is 9.97 Å². The van der Waals surface area contributed by atoms with Crippen LogP contribution in [0.2, 0.25) is 10.0 Å². The van der Waals surface area contributed by atoms with Crippen LogP contribution in [-0.4, -0.2) is 46.1 Å². The van der Waals surface area contributed by atoms with Crippen LogP contribution in [0.5, 0.6) is 5.75 Å². The molecule has 114 valence electrons. The number of nitrogens with one attached hydrogen (secondary N) is 1. The van der Waals surface area contributed by atoms with Crippen LogP contribution in [0.25, 0.3) is 11.0 Å². The van der Waals surface area contributed by atoms with Crippen molar-refractivity contribution < 1.29 is 19.7 Å². The first-order chi connectivity index (χ1) is 10.1. The van der Waals surface area contributed by atoms with E-state index in [2.05, 4.69) is 9.97 Å². The maximum atomic E-state index is 9.73. The molecule has 21 heavy (non-hydrogen) atoms. The first kappa shape index (κ1) is 14.9. The lowest BCUT2D eigenvalue weighted by Gasteiger charge is -2.15. The molecule has 0 radical (unpaired) electrons. The Morgan fingerprint density at radius 1 is 1.43 bits per heavy atom. The normalized spacial score (nSPS) is 22.1. The van der Waals surface area contributed by atoms with Gasteiger partial charge in [0, 0.05) is 5.92 Å². The fourth-order valence-corrected chi connectivity index (χ4v) is 2.65. The Balaban J connectivity index is 1.92. The molecule has 1 aliphatic rings. The highest BCUT2D eigenvalue weighted by Gasteiger charge is 2.27. The molecule has 2 atom stereocenters. The van der Waals surface area contributed by atoms with E-state index in [1.165, 1.54) is 0 Å². The first-order valence-corrected chi connectivity index (χ1v) is 7.21. The molecule has 2 heterocycles. The summed E-state index contributed by atoms with van der Waals surface area (Å²) in [6, 6.07) is 1.63. The number of benzene rings is 1. The maximum absolute atomic E-state index is 9.73. The third-order valence-corrected chi connectivity index (χ3v) is 4.20. The number of fused-ring (bicyclic) bond motifs is 1. The topological polar surface area (TPSA) is 87.6 Å². The number of ether oxygens (including phenoxy) is 2. The van der Waals surface area contributed by atoms with E-state index in [9.17, 15) is 5.11 Å². The molecule has 1 aromatic carbocycles. The average molecular weight is 333 g/mol. The monoisotopic (exact) mass is 332 g/mol. The van der Waals surface area contributed by atoms with Gasteiger partial charge in [-0.05, 0) is 6.07 Å². The molecule has 1 aromatic heterocycles. The number of H-pyrrole nitrogens is 1. The van der Waals surface area contributed by atoms with Gasteiger partial charge in [0.05, 0.1) is 36.5 Å². The Labute approximate surface area is 130 Å². The van der Waals surface area contributed by atoms with Crippen molar-refractivity contribution in [3.05, 3.63) is 21.9 Å². The number of hydrogen-bond donors (Lipinski definition) is 3. The number of halogens is 2. The lowest BCUT2D eigenvalue weighted by molar-refractivity contribution is 0.104. The summed E-state index contributed by atoms with van der Waals surface area (Å²) in [4.78, 5) is 7.16. The summed E-state index contributed by atoms with van der Waals surface area (Å²) in [6.45, 7) is 0.769. The Morgan fingerprint density at radius 2 is 2.24 bits per heavy atom. The number of rotatable bonds is 4. The first-order valence-electron chi connectivity index (χ1n) is 6.46. The summed E-state index contributed by atoms with van der Waals surface area (Å²) in [5.41, 5.74) is 1.13. The fraction of sp³-hybridized carbons (Fsp3) is 0.462. The molecule has 1 aliphatic heterocycles. The summed E-state index contributed by atoms with van der Waals surface area (Å²) in [7, 11) is 0. The maximum Gasteiger partial charge on any atom is 0.167 e. The van der Waals surface area contributed by atoms with Crippen molar-refractivity contribution in [2.45, 2.75) is 12.7 Å². The van der Waals surface area contributed by atoms with E-state index in [-0.39, 0.29) is 24.2 Å². The van der Waals surface area contributed by atoms with Gasteiger partial charge in [-0.25, -0.2) is 4.98 Å². The molecule has 3 N–H and O–H groups in total. The molecule has 0 saturated carbocycles. The van der Waals surface area contributed by atoms with Crippen molar-refractivity contribution >= 4 is 34.2 Å². The predicted octanol–water partition coefficient (Wildman–Crippen LogP) is 1.75. The highest BCUT2D eigenvalue weighted by Crippen LogP contribution is 2.38. The number of aromatic amines is 1. The Hall–Kier alpha value is -1.05. The number of aliphatic hydroxyl groups excluding tert-OH is 2. The average Bonchev–Trinajstić information content (AvgIpc) is 3.05. The quantitative estimate of drug-likeness (QED) is 0.793. The van der Waals surface area contributed by atoms with Crippen LogP contribution < -0.4 is 4.74 Å². The van der Waals surface area contributed by atoms with Gasteiger partial charge in [0.2, 0.25) is 0 Å². The fourth-order valence-electron chi connectivity index (χ4n) is 2.26. The van der Waals surface area contributed by atoms with Crippen LogP contribution in [-0.2, 0) is 11.3 Å². The molecule has 0 spiro atoms. The number of nitrogens with zero attached hydrogens (tertiary/aromatic N) is 1. The van der Waals surface area contributed by atoms with Gasteiger partial charge in [-0.3, -0.25) is 0 Å². The summed E-state index contributed by atoms with van der Waals surface area (Å²) in [5.74, 6) is 0.623. The minimum atomic E-state index is -0.550. The number of imidazole rings is 1. The SMILES string of the molecule is OCc1nc2c(OCC3COCC3O)c(Cl)c(Cl)cc2[nH]1. The zero-order valence-electron chi connectivity index (χ0n) is 11.0. The van der Waals surface area contributed by atoms with Crippen molar-refractivity contribution in [2.24, 2.45) is 5.92 Å². The van der Waals surface area contributed by atoms with Gasteiger partial charge in [-0.15, -0.1) is 0 Å². The van der Waals surface area contributed by atoms with Crippen molar-refractivity contribution in [3.8, 4) is 5.75 Å². The van der Waals surface area contributed by atoms with Crippen LogP contribution in [0.15, 0.2) is 6.07 Å². The molecule has 8 heteroatoms. The standard InChI is InChI=1S/C13H14Cl2N2O4/c14-7-1-8-12(17-10(2-18)16-8)13(11(7)15)21-4-6-3-20-5-9(6)19/h1,6,9,18-19H,2-5H2,(H,16,17). The van der Waals surface area contributed by atoms with Crippen molar-refractivity contribution in [1.29, 1.82) is 0 Å². The van der Waals surface area contributed by atoms with Gasteiger partial charge in [0.1, 0.15) is 23.0 Å². The molecule has 6 nitrogen and oxygen atoms in total. The van der Waals surface area contributed by atoms with Gasteiger partial charge in [0.15, 0.2) is 5.75 Å². The Kier molecular flexibility index (Phi) is 4.24. The molecular formula is C13H14Cl2N2O4. The zero-order valence-corrected chi connectivity index (χ0v) is 12.5. The van der Waals surface area contributed by atoms with Gasteiger partial charge in [-0.1, -0.05) is 23.2 Å². The van der Waals surface area contributed by atoms with Gasteiger partial charge in [-0.2, -0.15) is 0 Å². The van der Waals surface area contributed by atoms with Gasteiger partial charge >= 0.3 is 0 Å². The van der Waals surface area contributed by atoms with E-state index in [4.69, 9.17) is 37.8 Å². The van der Waals surface area contributed by atoms with E-state index in [1.54, 1.807) is 6.07 Å². The number of aliphatic hydroxyl groups is 2. The van der Waals surface area contributed by atoms with Crippen LogP contribution in [0.4, 0.5) is 0 Å². The van der Waals surface area contributed by atoms with Crippen molar-refractivity contribution in [3.63, 3.8) is 0 Å². The second-order valence-corrected chi connectivity index (χ2v) is 5.70. The third kappa shape index (κ3) is 2.82. The molecule has 1 fully saturated rings. The summed E-state index contributed by atoms with van der Waals surface area (Å²) < 4.78 is 10.9. The van der Waals surface area contributed by atoms with E-state index >= 15 is 0 Å². The third-order valence-electron chi connectivity index (χ3n) is 3.43. The van der Waals surface area contributed by atoms with Crippen LogP contribution >= 0.6 is 23.2 Å². The molecule has 0 amide bonds. The summed E-state index contributed by atoms with van der Waals surface area (Å²) >= 11 is 12.3. The summed E-state index contributed by atoms with van der Waals surface area (Å²) in [6.07, 6.45) is -0.550. The lowest BCUT2D eigenvalue weighted by Crippen LogP contribution is -2.24. The molecule has 0 bridgehead atoms. The van der Waals surface area contributed by atoms with Gasteiger partial charge in [0.25, 0.3) is 0 Å². The smallest absolute Gasteiger partial charge is 0.167 e. The summed E-state index contributed by atoms with van der Waals surface area (Å²) in [5, 5.41) is 19.5. The molecule has 0 aliphatic carbocycles. The Bertz CT molecular complexity index is 661. The number of aromatic nitrogens is 2. The van der Waals surface area contributed by atoms with Gasteiger partial charge < -0.3 is 24.7 Å². The van der Waals surface area contributed by atoms with E-state index in [0.717, 1.165) is 0 Å².